The minimum atomic E-state index is 0.123. The summed E-state index contributed by atoms with van der Waals surface area (Å²) in [6.45, 7) is 11.8. The zero-order chi connectivity index (χ0) is 14.0. The van der Waals surface area contributed by atoms with Crippen LogP contribution in [0.2, 0.25) is 0 Å². The maximum absolute atomic E-state index is 4.30. The van der Waals surface area contributed by atoms with Crippen LogP contribution in [0.25, 0.3) is 0 Å². The first-order valence-electron chi connectivity index (χ1n) is 6.69. The van der Waals surface area contributed by atoms with Gasteiger partial charge in [-0.3, -0.25) is 0 Å². The average molecular weight is 277 g/mol. The molecule has 2 aromatic heterocycles. The maximum Gasteiger partial charge on any atom is 0.0954 e. The number of aryl methyl sites for hydroxylation is 1. The molecule has 2 aromatic rings. The lowest BCUT2D eigenvalue weighted by Crippen LogP contribution is -2.35. The van der Waals surface area contributed by atoms with E-state index in [9.17, 15) is 0 Å². The molecule has 19 heavy (non-hydrogen) atoms. The van der Waals surface area contributed by atoms with E-state index < -0.39 is 0 Å². The number of thiophene rings is 1. The van der Waals surface area contributed by atoms with Crippen LogP contribution >= 0.6 is 11.3 Å². The Kier molecular flexibility index (Phi) is 4.11. The molecule has 0 amide bonds. The van der Waals surface area contributed by atoms with Crippen LogP contribution < -0.4 is 5.32 Å². The fourth-order valence-electron chi connectivity index (χ4n) is 1.99. The van der Waals surface area contributed by atoms with Gasteiger partial charge in [0.1, 0.15) is 0 Å². The van der Waals surface area contributed by atoms with Gasteiger partial charge in [-0.15, -0.1) is 11.3 Å². The van der Waals surface area contributed by atoms with E-state index in [0.29, 0.717) is 6.04 Å². The van der Waals surface area contributed by atoms with Crippen molar-refractivity contribution in [3.05, 3.63) is 40.1 Å². The molecule has 4 heteroatoms. The van der Waals surface area contributed by atoms with Crippen LogP contribution in [0.4, 0.5) is 0 Å². The molecule has 1 N–H and O–H groups in total. The van der Waals surface area contributed by atoms with Crippen molar-refractivity contribution in [3.8, 4) is 0 Å². The summed E-state index contributed by atoms with van der Waals surface area (Å²) < 4.78 is 2.25. The molecule has 1 atom stereocenters. The van der Waals surface area contributed by atoms with Gasteiger partial charge < -0.3 is 9.88 Å². The number of imidazole rings is 1. The predicted molar refractivity (Wildman–Crippen MR) is 81.7 cm³/mol. The normalized spacial score (nSPS) is 13.7. The largest absolute Gasteiger partial charge is 0.325 e. The number of nitrogens with zero attached hydrogens (tertiary/aromatic N) is 2. The molecule has 0 aliphatic heterocycles. The Bertz CT molecular complexity index is 534. The van der Waals surface area contributed by atoms with E-state index in [1.54, 1.807) is 0 Å². The molecule has 104 valence electrons. The molecule has 0 bridgehead atoms. The lowest BCUT2D eigenvalue weighted by Gasteiger charge is -2.22. The molecule has 0 aromatic carbocycles. The van der Waals surface area contributed by atoms with Crippen LogP contribution in [0.15, 0.2) is 24.7 Å². The molecule has 3 nitrogen and oxygen atoms in total. The summed E-state index contributed by atoms with van der Waals surface area (Å²) in [5, 5.41) is 3.52. The molecule has 0 spiro atoms. The van der Waals surface area contributed by atoms with Crippen molar-refractivity contribution in [1.29, 1.82) is 0 Å². The van der Waals surface area contributed by atoms with Crippen LogP contribution in [0.3, 0.4) is 0 Å². The first-order chi connectivity index (χ1) is 8.87. The SMILES string of the molecule is Cc1ccc(C(C)n2cncc2CNC(C)(C)C)s1. The van der Waals surface area contributed by atoms with Crippen LogP contribution in [-0.4, -0.2) is 15.1 Å². The molecular weight excluding hydrogens is 254 g/mol. The standard InChI is InChI=1S/C15H23N3S/c1-11-6-7-14(19-11)12(2)18-10-16-8-13(18)9-17-15(3,4)5/h6-8,10,12,17H,9H2,1-5H3. The zero-order valence-electron chi connectivity index (χ0n) is 12.4. The highest BCUT2D eigenvalue weighted by Crippen LogP contribution is 2.26. The molecule has 0 saturated heterocycles. The molecule has 2 heterocycles. The van der Waals surface area contributed by atoms with Gasteiger partial charge in [0.05, 0.1) is 18.1 Å². The molecule has 0 radical (unpaired) electrons. The van der Waals surface area contributed by atoms with Crippen molar-refractivity contribution in [2.45, 2.75) is 52.7 Å². The van der Waals surface area contributed by atoms with Crippen LogP contribution in [-0.2, 0) is 6.54 Å². The maximum atomic E-state index is 4.30. The third-order valence-electron chi connectivity index (χ3n) is 3.14. The lowest BCUT2D eigenvalue weighted by atomic mass is 10.1. The topological polar surface area (TPSA) is 29.9 Å². The molecule has 2 rings (SSSR count). The first-order valence-corrected chi connectivity index (χ1v) is 7.50. The molecule has 0 saturated carbocycles. The molecule has 0 aliphatic rings. The molecule has 0 fully saturated rings. The number of hydrogen-bond acceptors (Lipinski definition) is 3. The molecule has 1 unspecified atom stereocenters. The van der Waals surface area contributed by atoms with E-state index in [1.807, 2.05) is 23.9 Å². The van der Waals surface area contributed by atoms with Gasteiger partial charge in [-0.1, -0.05) is 0 Å². The van der Waals surface area contributed by atoms with E-state index in [4.69, 9.17) is 0 Å². The van der Waals surface area contributed by atoms with Gasteiger partial charge in [0.2, 0.25) is 0 Å². The van der Waals surface area contributed by atoms with Crippen LogP contribution in [0.1, 0.15) is 49.2 Å². The lowest BCUT2D eigenvalue weighted by molar-refractivity contribution is 0.413. The summed E-state index contributed by atoms with van der Waals surface area (Å²) in [5.41, 5.74) is 1.35. The van der Waals surface area contributed by atoms with Gasteiger partial charge >= 0.3 is 0 Å². The fourth-order valence-corrected chi connectivity index (χ4v) is 2.92. The van der Waals surface area contributed by atoms with Gasteiger partial charge in [-0.2, -0.15) is 0 Å². The summed E-state index contributed by atoms with van der Waals surface area (Å²) in [7, 11) is 0. The Morgan fingerprint density at radius 3 is 2.68 bits per heavy atom. The van der Waals surface area contributed by atoms with E-state index in [-0.39, 0.29) is 5.54 Å². The van der Waals surface area contributed by atoms with Crippen molar-refractivity contribution in [3.63, 3.8) is 0 Å². The number of hydrogen-bond donors (Lipinski definition) is 1. The van der Waals surface area contributed by atoms with Crippen molar-refractivity contribution in [2.75, 3.05) is 0 Å². The van der Waals surface area contributed by atoms with Gasteiger partial charge in [-0.05, 0) is 46.8 Å². The van der Waals surface area contributed by atoms with Crippen LogP contribution in [0.5, 0.6) is 0 Å². The third-order valence-corrected chi connectivity index (χ3v) is 4.31. The molecular formula is C15H23N3S. The second kappa shape index (κ2) is 5.47. The van der Waals surface area contributed by atoms with Crippen molar-refractivity contribution >= 4 is 11.3 Å². The zero-order valence-corrected chi connectivity index (χ0v) is 13.2. The van der Waals surface area contributed by atoms with Crippen molar-refractivity contribution in [2.24, 2.45) is 0 Å². The highest BCUT2D eigenvalue weighted by molar-refractivity contribution is 7.12. The summed E-state index contributed by atoms with van der Waals surface area (Å²) in [5.74, 6) is 0. The predicted octanol–water partition coefficient (Wildman–Crippen LogP) is 3.75. The van der Waals surface area contributed by atoms with E-state index in [2.05, 4.69) is 61.6 Å². The first kappa shape index (κ1) is 14.3. The Morgan fingerprint density at radius 1 is 1.37 bits per heavy atom. The quantitative estimate of drug-likeness (QED) is 0.922. The Hall–Kier alpha value is -1.13. The second-order valence-corrected chi connectivity index (χ2v) is 7.34. The van der Waals surface area contributed by atoms with Gasteiger partial charge in [0, 0.05) is 28.0 Å². The monoisotopic (exact) mass is 277 g/mol. The Morgan fingerprint density at radius 2 is 2.11 bits per heavy atom. The van der Waals surface area contributed by atoms with Crippen molar-refractivity contribution < 1.29 is 0 Å². The highest BCUT2D eigenvalue weighted by Gasteiger charge is 2.15. The Labute approximate surface area is 119 Å². The number of nitrogens with one attached hydrogen (secondary N) is 1. The van der Waals surface area contributed by atoms with Gasteiger partial charge in [0.15, 0.2) is 0 Å². The van der Waals surface area contributed by atoms with Gasteiger partial charge in [0.25, 0.3) is 0 Å². The van der Waals surface area contributed by atoms with Crippen LogP contribution in [0, 0.1) is 6.92 Å². The summed E-state index contributed by atoms with van der Waals surface area (Å²) in [6, 6.07) is 4.74. The Balaban J connectivity index is 2.15. The minimum Gasteiger partial charge on any atom is -0.325 e. The average Bonchev–Trinajstić information content (AvgIpc) is 2.93. The molecule has 0 aliphatic carbocycles. The highest BCUT2D eigenvalue weighted by atomic mass is 32.1. The summed E-state index contributed by atoms with van der Waals surface area (Å²) >= 11 is 1.86. The smallest absolute Gasteiger partial charge is 0.0954 e. The summed E-state index contributed by atoms with van der Waals surface area (Å²) in [4.78, 5) is 7.04. The minimum absolute atomic E-state index is 0.123. The van der Waals surface area contributed by atoms with Gasteiger partial charge in [-0.25, -0.2) is 4.98 Å². The van der Waals surface area contributed by atoms with E-state index >= 15 is 0 Å². The third kappa shape index (κ3) is 3.67. The number of aromatic nitrogens is 2. The van der Waals surface area contributed by atoms with E-state index in [1.165, 1.54) is 15.4 Å². The van der Waals surface area contributed by atoms with Crippen molar-refractivity contribution in [1.82, 2.24) is 14.9 Å². The number of rotatable bonds is 4. The second-order valence-electron chi connectivity index (χ2n) is 6.02. The summed E-state index contributed by atoms with van der Waals surface area (Å²) in [6.07, 6.45) is 3.88. The van der Waals surface area contributed by atoms with E-state index in [0.717, 1.165) is 6.54 Å². The fraction of sp³-hybridized carbons (Fsp3) is 0.533.